The van der Waals surface area contributed by atoms with Crippen molar-refractivity contribution in [3.8, 4) is 0 Å². The highest BCUT2D eigenvalue weighted by Gasteiger charge is 2.12. The maximum atomic E-state index is 5.70. The van der Waals surface area contributed by atoms with Crippen LogP contribution in [0.15, 0.2) is 34.1 Å². The summed E-state index contributed by atoms with van der Waals surface area (Å²) in [5, 5.41) is 0. The highest BCUT2D eigenvalue weighted by Crippen LogP contribution is 2.27. The second-order valence-corrected chi connectivity index (χ2v) is 7.10. The van der Waals surface area contributed by atoms with Crippen molar-refractivity contribution in [3.63, 3.8) is 0 Å². The first-order valence-electron chi connectivity index (χ1n) is 5.87. The summed E-state index contributed by atoms with van der Waals surface area (Å²) in [4.78, 5) is 1.32. The van der Waals surface area contributed by atoms with Gasteiger partial charge in [0.25, 0.3) is 0 Å². The lowest BCUT2D eigenvalue weighted by Gasteiger charge is -2.17. The minimum absolute atomic E-state index is 0.161. The topological polar surface area (TPSA) is 38.0 Å². The Morgan fingerprint density at radius 2 is 1.89 bits per heavy atom. The van der Waals surface area contributed by atoms with Gasteiger partial charge in [-0.25, -0.2) is 0 Å². The van der Waals surface area contributed by atoms with Crippen molar-refractivity contribution >= 4 is 27.3 Å². The van der Waals surface area contributed by atoms with Gasteiger partial charge in [-0.05, 0) is 47.5 Å². The van der Waals surface area contributed by atoms with E-state index in [4.69, 9.17) is 5.84 Å². The number of benzene rings is 1. The minimum atomic E-state index is 0.161. The van der Waals surface area contributed by atoms with Crippen LogP contribution in [0, 0.1) is 13.8 Å². The first-order valence-corrected chi connectivity index (χ1v) is 7.48. The van der Waals surface area contributed by atoms with Gasteiger partial charge in [-0.1, -0.05) is 29.3 Å². The van der Waals surface area contributed by atoms with E-state index in [1.807, 2.05) is 0 Å². The third-order valence-corrected chi connectivity index (χ3v) is 4.53. The van der Waals surface area contributed by atoms with E-state index in [0.29, 0.717) is 0 Å². The Balaban J connectivity index is 2.22. The van der Waals surface area contributed by atoms with Gasteiger partial charge in [0, 0.05) is 11.3 Å². The number of rotatable bonds is 4. The van der Waals surface area contributed by atoms with Crippen molar-refractivity contribution in [1.29, 1.82) is 0 Å². The molecular formula is C14H17BrN2S. The van der Waals surface area contributed by atoms with Crippen LogP contribution in [0.1, 0.15) is 27.6 Å². The number of hydrogen-bond donors (Lipinski definition) is 2. The lowest BCUT2D eigenvalue weighted by atomic mass is 9.99. The fourth-order valence-electron chi connectivity index (χ4n) is 2.15. The van der Waals surface area contributed by atoms with Crippen molar-refractivity contribution in [1.82, 2.24) is 5.43 Å². The van der Waals surface area contributed by atoms with E-state index in [2.05, 4.69) is 65.5 Å². The second-order valence-electron chi connectivity index (χ2n) is 4.55. The highest BCUT2D eigenvalue weighted by atomic mass is 79.9. The summed E-state index contributed by atoms with van der Waals surface area (Å²) in [7, 11) is 0. The van der Waals surface area contributed by atoms with Gasteiger partial charge < -0.3 is 0 Å². The molecule has 96 valence electrons. The third-order valence-electron chi connectivity index (χ3n) is 2.88. The molecule has 0 saturated carbocycles. The van der Waals surface area contributed by atoms with Crippen LogP contribution in [0.3, 0.4) is 0 Å². The van der Waals surface area contributed by atoms with Crippen LogP contribution in [-0.2, 0) is 6.42 Å². The van der Waals surface area contributed by atoms with Gasteiger partial charge in [0.05, 0.1) is 9.83 Å². The number of hydrogen-bond acceptors (Lipinski definition) is 3. The predicted octanol–water partition coefficient (Wildman–Crippen LogP) is 3.87. The molecule has 3 N–H and O–H groups in total. The number of aryl methyl sites for hydroxylation is 2. The molecule has 0 fully saturated rings. The van der Waals surface area contributed by atoms with Crippen molar-refractivity contribution in [3.05, 3.63) is 55.7 Å². The van der Waals surface area contributed by atoms with Gasteiger partial charge in [-0.15, -0.1) is 11.3 Å². The molecule has 1 aromatic carbocycles. The zero-order chi connectivity index (χ0) is 13.1. The molecule has 1 heterocycles. The molecular weight excluding hydrogens is 308 g/mol. The van der Waals surface area contributed by atoms with Crippen LogP contribution in [0.5, 0.6) is 0 Å². The Hall–Kier alpha value is -0.680. The molecule has 1 unspecified atom stereocenters. The molecule has 1 atom stereocenters. The Labute approximate surface area is 120 Å². The van der Waals surface area contributed by atoms with Crippen molar-refractivity contribution in [2.45, 2.75) is 26.3 Å². The molecule has 0 aliphatic carbocycles. The van der Waals surface area contributed by atoms with E-state index in [-0.39, 0.29) is 6.04 Å². The van der Waals surface area contributed by atoms with E-state index in [1.165, 1.54) is 21.6 Å². The lowest BCUT2D eigenvalue weighted by Crippen LogP contribution is -2.29. The second kappa shape index (κ2) is 5.97. The lowest BCUT2D eigenvalue weighted by molar-refractivity contribution is 0.555. The molecule has 2 nitrogen and oxygen atoms in total. The van der Waals surface area contributed by atoms with E-state index in [9.17, 15) is 0 Å². The zero-order valence-electron chi connectivity index (χ0n) is 10.5. The van der Waals surface area contributed by atoms with Gasteiger partial charge in [-0.2, -0.15) is 0 Å². The van der Waals surface area contributed by atoms with Crippen molar-refractivity contribution in [2.75, 3.05) is 0 Å². The Morgan fingerprint density at radius 3 is 2.39 bits per heavy atom. The number of hydrazine groups is 1. The number of thiophene rings is 1. The zero-order valence-corrected chi connectivity index (χ0v) is 12.9. The molecule has 0 aliphatic rings. The summed E-state index contributed by atoms with van der Waals surface area (Å²) in [5.74, 6) is 5.70. The predicted molar refractivity (Wildman–Crippen MR) is 81.7 cm³/mol. The van der Waals surface area contributed by atoms with Crippen LogP contribution in [0.4, 0.5) is 0 Å². The standard InChI is InChI=1S/C14H17BrN2S/c1-9-5-10(2)7-11(6-9)13(17-16)8-12-3-4-14(15)18-12/h3-7,13,17H,8,16H2,1-2H3. The quantitative estimate of drug-likeness (QED) is 0.661. The monoisotopic (exact) mass is 324 g/mol. The Morgan fingerprint density at radius 1 is 1.22 bits per heavy atom. The molecule has 18 heavy (non-hydrogen) atoms. The minimum Gasteiger partial charge on any atom is -0.271 e. The summed E-state index contributed by atoms with van der Waals surface area (Å²) < 4.78 is 1.16. The summed E-state index contributed by atoms with van der Waals surface area (Å²) in [6.07, 6.45) is 0.912. The molecule has 0 spiro atoms. The highest BCUT2D eigenvalue weighted by molar-refractivity contribution is 9.11. The van der Waals surface area contributed by atoms with Gasteiger partial charge in [0.2, 0.25) is 0 Å². The van der Waals surface area contributed by atoms with Gasteiger partial charge in [0.1, 0.15) is 0 Å². The summed E-state index contributed by atoms with van der Waals surface area (Å²) in [6, 6.07) is 10.9. The van der Waals surface area contributed by atoms with E-state index in [1.54, 1.807) is 11.3 Å². The molecule has 0 radical (unpaired) electrons. The SMILES string of the molecule is Cc1cc(C)cc(C(Cc2ccc(Br)s2)NN)c1. The van der Waals surface area contributed by atoms with Crippen LogP contribution >= 0.6 is 27.3 Å². The molecule has 0 amide bonds. The third kappa shape index (κ3) is 3.42. The molecule has 0 saturated heterocycles. The molecule has 4 heteroatoms. The summed E-state index contributed by atoms with van der Waals surface area (Å²) in [5.41, 5.74) is 6.72. The summed E-state index contributed by atoms with van der Waals surface area (Å²) >= 11 is 5.25. The largest absolute Gasteiger partial charge is 0.271 e. The van der Waals surface area contributed by atoms with E-state index in [0.717, 1.165) is 10.2 Å². The van der Waals surface area contributed by atoms with Gasteiger partial charge in [0.15, 0.2) is 0 Å². The average Bonchev–Trinajstić information content (AvgIpc) is 2.70. The first kappa shape index (κ1) is 13.7. The molecule has 2 rings (SSSR count). The maximum absolute atomic E-state index is 5.70. The number of nitrogens with one attached hydrogen (secondary N) is 1. The fourth-order valence-corrected chi connectivity index (χ4v) is 3.68. The van der Waals surface area contributed by atoms with Crippen LogP contribution in [0.2, 0.25) is 0 Å². The van der Waals surface area contributed by atoms with Crippen molar-refractivity contribution in [2.24, 2.45) is 5.84 Å². The molecule has 2 aromatic rings. The Kier molecular flexibility index (Phi) is 4.56. The molecule has 0 bridgehead atoms. The number of halogens is 1. The Bertz CT molecular complexity index is 516. The van der Waals surface area contributed by atoms with E-state index >= 15 is 0 Å². The van der Waals surface area contributed by atoms with Gasteiger partial charge in [-0.3, -0.25) is 11.3 Å². The van der Waals surface area contributed by atoms with E-state index < -0.39 is 0 Å². The number of nitrogens with two attached hydrogens (primary N) is 1. The smallest absolute Gasteiger partial charge is 0.0701 e. The fraction of sp³-hybridized carbons (Fsp3) is 0.286. The first-order chi connectivity index (χ1) is 8.58. The average molecular weight is 325 g/mol. The van der Waals surface area contributed by atoms with Crippen LogP contribution in [0.25, 0.3) is 0 Å². The van der Waals surface area contributed by atoms with Crippen molar-refractivity contribution < 1.29 is 0 Å². The van der Waals surface area contributed by atoms with Crippen LogP contribution in [-0.4, -0.2) is 0 Å². The molecule has 0 aliphatic heterocycles. The van der Waals surface area contributed by atoms with Crippen LogP contribution < -0.4 is 11.3 Å². The normalized spacial score (nSPS) is 12.7. The maximum Gasteiger partial charge on any atom is 0.0701 e. The summed E-state index contributed by atoms with van der Waals surface area (Å²) in [6.45, 7) is 4.23. The van der Waals surface area contributed by atoms with Gasteiger partial charge >= 0.3 is 0 Å². The molecule has 1 aromatic heterocycles.